The van der Waals surface area contributed by atoms with Gasteiger partial charge in [0, 0.05) is 29.3 Å². The number of methoxy groups -OCH3 is 1. The van der Waals surface area contributed by atoms with E-state index in [1.807, 2.05) is 11.0 Å². The van der Waals surface area contributed by atoms with Crippen LogP contribution < -0.4 is 15.0 Å². The maximum Gasteiger partial charge on any atom is 0.257 e. The monoisotopic (exact) mass is 603 g/mol. The molecule has 1 N–H and O–H groups in total. The minimum atomic E-state index is -1.19. The summed E-state index contributed by atoms with van der Waals surface area (Å²) in [5, 5.41) is 3.18. The Hall–Kier alpha value is -4.78. The molecule has 0 radical (unpaired) electrons. The van der Waals surface area contributed by atoms with Gasteiger partial charge in [0.15, 0.2) is 16.8 Å². The van der Waals surface area contributed by atoms with Gasteiger partial charge in [-0.25, -0.2) is 38.1 Å². The van der Waals surface area contributed by atoms with Crippen LogP contribution in [0.5, 0.6) is 5.88 Å². The third kappa shape index (κ3) is 5.80. The molecule has 1 fully saturated rings. The summed E-state index contributed by atoms with van der Waals surface area (Å²) in [7, 11) is 1.43. The van der Waals surface area contributed by atoms with Crippen molar-refractivity contribution in [3.05, 3.63) is 107 Å². The zero-order valence-corrected chi connectivity index (χ0v) is 23.6. The number of anilines is 1. The van der Waals surface area contributed by atoms with Crippen molar-refractivity contribution in [2.75, 3.05) is 30.9 Å². The van der Waals surface area contributed by atoms with E-state index in [9.17, 15) is 9.18 Å². The Labute approximate surface area is 249 Å². The second-order valence-corrected chi connectivity index (χ2v) is 10.9. The number of benzene rings is 2. The minimum absolute atomic E-state index is 0.0128. The van der Waals surface area contributed by atoms with Gasteiger partial charge in [-0.05, 0) is 35.9 Å². The second kappa shape index (κ2) is 11.8. The van der Waals surface area contributed by atoms with Gasteiger partial charge in [-0.15, -0.1) is 0 Å². The number of aliphatic imine (C=N–C) groups is 1. The van der Waals surface area contributed by atoms with E-state index in [1.54, 1.807) is 30.3 Å². The zero-order valence-electron chi connectivity index (χ0n) is 22.7. The summed E-state index contributed by atoms with van der Waals surface area (Å²) < 4.78 is 49.5. The molecule has 4 aromatic rings. The molecule has 2 aromatic carbocycles. The predicted molar refractivity (Wildman–Crippen MR) is 157 cm³/mol. The van der Waals surface area contributed by atoms with Gasteiger partial charge in [0.05, 0.1) is 38.4 Å². The molecule has 43 heavy (non-hydrogen) atoms. The average molecular weight is 604 g/mol. The lowest BCUT2D eigenvalue weighted by Gasteiger charge is -2.35. The summed E-state index contributed by atoms with van der Waals surface area (Å²) in [4.78, 5) is 36.0. The molecule has 4 heterocycles. The van der Waals surface area contributed by atoms with Crippen molar-refractivity contribution < 1.29 is 22.7 Å². The quantitative estimate of drug-likeness (QED) is 0.333. The van der Waals surface area contributed by atoms with Crippen LogP contribution in [-0.2, 0) is 5.54 Å². The Morgan fingerprint density at radius 2 is 1.86 bits per heavy atom. The van der Waals surface area contributed by atoms with Gasteiger partial charge in [0.1, 0.15) is 17.1 Å². The lowest BCUT2D eigenvalue weighted by atomic mass is 9.81. The highest BCUT2D eigenvalue weighted by Crippen LogP contribution is 2.47. The molecule has 0 spiro atoms. The number of halogens is 3. The van der Waals surface area contributed by atoms with Crippen LogP contribution >= 0.6 is 11.8 Å². The molecule has 2 atom stereocenters. The van der Waals surface area contributed by atoms with Gasteiger partial charge >= 0.3 is 0 Å². The summed E-state index contributed by atoms with van der Waals surface area (Å²) >= 11 is 1.35. The second-order valence-electron chi connectivity index (χ2n) is 9.93. The Morgan fingerprint density at radius 1 is 1.07 bits per heavy atom. The van der Waals surface area contributed by atoms with E-state index in [0.717, 1.165) is 12.4 Å². The molecular weight excluding hydrogens is 579 g/mol. The Bertz CT molecular complexity index is 1710. The number of thioether (sulfide) groups is 1. The van der Waals surface area contributed by atoms with E-state index in [2.05, 4.69) is 25.3 Å². The number of fused-ring (bicyclic) bond motifs is 1. The molecule has 2 aromatic heterocycles. The van der Waals surface area contributed by atoms with Crippen molar-refractivity contribution in [3.8, 4) is 5.88 Å². The smallest absolute Gasteiger partial charge is 0.257 e. The van der Waals surface area contributed by atoms with Gasteiger partial charge in [-0.1, -0.05) is 36.0 Å². The predicted octanol–water partition coefficient (Wildman–Crippen LogP) is 4.89. The van der Waals surface area contributed by atoms with E-state index >= 15 is 8.78 Å². The highest BCUT2D eigenvalue weighted by Gasteiger charge is 2.52. The van der Waals surface area contributed by atoms with Crippen LogP contribution in [0.2, 0.25) is 0 Å². The topological polar surface area (TPSA) is 105 Å². The number of aromatic nitrogens is 4. The van der Waals surface area contributed by atoms with E-state index < -0.39 is 23.0 Å². The van der Waals surface area contributed by atoms with Crippen molar-refractivity contribution in [2.45, 2.75) is 5.54 Å². The fourth-order valence-electron chi connectivity index (χ4n) is 5.15. The first-order valence-electron chi connectivity index (χ1n) is 13.2. The molecule has 9 nitrogen and oxygen atoms in total. The van der Waals surface area contributed by atoms with Crippen LogP contribution in [0.4, 0.5) is 19.1 Å². The Morgan fingerprint density at radius 3 is 2.58 bits per heavy atom. The largest absolute Gasteiger partial charge is 0.480 e. The van der Waals surface area contributed by atoms with Crippen molar-refractivity contribution in [1.29, 1.82) is 0 Å². The summed E-state index contributed by atoms with van der Waals surface area (Å²) in [5.41, 5.74) is -0.158. The molecule has 0 unspecified atom stereocenters. The number of amidine groups is 1. The standard InChI is InChI=1S/C30H24F3N7O2S/c1-42-26-14-34-25(13-35-26)24(33)10-18-7-8-23(32)22(9-18)30-17-40(28-36-11-21(31)12-37-28)15-20(30)16-43-29(39-30)38-27(41)19-5-3-2-4-6-19/h2-14,20H,15-17H2,1H3,(H,38,39,41)/b24-10-/t20-,30-/m0/s1. The third-order valence-electron chi connectivity index (χ3n) is 7.25. The van der Waals surface area contributed by atoms with E-state index in [1.165, 1.54) is 49.5 Å². The fourth-order valence-corrected chi connectivity index (χ4v) is 6.28. The van der Waals surface area contributed by atoms with Gasteiger partial charge in [-0.2, -0.15) is 0 Å². The number of hydrogen-bond donors (Lipinski definition) is 1. The Kier molecular flexibility index (Phi) is 7.80. The van der Waals surface area contributed by atoms with Crippen LogP contribution in [-0.4, -0.2) is 57.0 Å². The maximum absolute atomic E-state index is 15.8. The molecule has 0 bridgehead atoms. The first-order chi connectivity index (χ1) is 20.8. The normalized spacial score (nSPS) is 19.9. The van der Waals surface area contributed by atoms with Crippen molar-refractivity contribution in [3.63, 3.8) is 0 Å². The molecule has 6 rings (SSSR count). The van der Waals surface area contributed by atoms with Gasteiger partial charge in [-0.3, -0.25) is 4.79 Å². The summed E-state index contributed by atoms with van der Waals surface area (Å²) in [6, 6.07) is 12.9. The fraction of sp³-hybridized carbons (Fsp3) is 0.200. The molecule has 1 amide bonds. The number of nitrogens with one attached hydrogen (secondary N) is 1. The van der Waals surface area contributed by atoms with Crippen LogP contribution in [0.1, 0.15) is 27.2 Å². The third-order valence-corrected chi connectivity index (χ3v) is 8.28. The summed E-state index contributed by atoms with van der Waals surface area (Å²) in [6.45, 7) is 0.544. The molecule has 1 saturated heterocycles. The number of ether oxygens (including phenoxy) is 1. The van der Waals surface area contributed by atoms with Gasteiger partial charge < -0.3 is 15.0 Å². The van der Waals surface area contributed by atoms with Gasteiger partial charge in [0.2, 0.25) is 11.8 Å². The zero-order chi connectivity index (χ0) is 30.0. The van der Waals surface area contributed by atoms with Crippen LogP contribution in [0.25, 0.3) is 11.9 Å². The van der Waals surface area contributed by atoms with Gasteiger partial charge in [0.25, 0.3) is 5.91 Å². The summed E-state index contributed by atoms with van der Waals surface area (Å²) in [5.74, 6) is -1.39. The highest BCUT2D eigenvalue weighted by atomic mass is 32.2. The van der Waals surface area contributed by atoms with Crippen LogP contribution in [0.3, 0.4) is 0 Å². The number of carbonyl (C=O) groups excluding carboxylic acids is 1. The van der Waals surface area contributed by atoms with Crippen molar-refractivity contribution in [1.82, 2.24) is 25.3 Å². The van der Waals surface area contributed by atoms with Crippen molar-refractivity contribution in [2.24, 2.45) is 10.9 Å². The summed E-state index contributed by atoms with van der Waals surface area (Å²) in [6.07, 6.45) is 5.91. The number of amides is 1. The van der Waals surface area contributed by atoms with E-state index in [0.29, 0.717) is 28.6 Å². The average Bonchev–Trinajstić information content (AvgIpc) is 3.42. The highest BCUT2D eigenvalue weighted by molar-refractivity contribution is 8.13. The molecule has 2 aliphatic heterocycles. The molecule has 0 aliphatic carbocycles. The van der Waals surface area contributed by atoms with Crippen LogP contribution in [0.15, 0.2) is 78.3 Å². The number of hydrogen-bond acceptors (Lipinski definition) is 9. The molecule has 2 aliphatic rings. The number of rotatable bonds is 6. The van der Waals surface area contributed by atoms with E-state index in [-0.39, 0.29) is 41.5 Å². The number of carbonyl (C=O) groups is 1. The lowest BCUT2D eigenvalue weighted by molar-refractivity contribution is 0.0977. The molecule has 13 heteroatoms. The van der Waals surface area contributed by atoms with Crippen molar-refractivity contribution >= 4 is 40.7 Å². The first-order valence-corrected chi connectivity index (χ1v) is 14.2. The minimum Gasteiger partial charge on any atom is -0.480 e. The number of nitrogens with zero attached hydrogens (tertiary/aromatic N) is 6. The molecule has 218 valence electrons. The first kappa shape index (κ1) is 28.3. The molecular formula is C30H24F3N7O2S. The SMILES string of the molecule is COc1cnc(/C(F)=C/c2ccc(F)c([C@]34CN(c5ncc(F)cn5)C[C@H]3CSC(NC(=O)c3ccccc3)=N4)c2)cn1. The maximum atomic E-state index is 15.8. The van der Waals surface area contributed by atoms with E-state index in [4.69, 9.17) is 9.73 Å². The lowest BCUT2D eigenvalue weighted by Crippen LogP contribution is -2.43. The molecule has 0 saturated carbocycles. The Balaban J connectivity index is 1.40. The van der Waals surface area contributed by atoms with Crippen LogP contribution in [0, 0.1) is 17.6 Å².